The van der Waals surface area contributed by atoms with Crippen LogP contribution in [0.4, 0.5) is 0 Å². The Morgan fingerprint density at radius 1 is 1.41 bits per heavy atom. The molecule has 118 valence electrons. The third-order valence-electron chi connectivity index (χ3n) is 5.73. The molecule has 0 aromatic rings. The van der Waals surface area contributed by atoms with Crippen LogP contribution in [-0.4, -0.2) is 41.8 Å². The van der Waals surface area contributed by atoms with Gasteiger partial charge in [0.15, 0.2) is 0 Å². The predicted octanol–water partition coefficient (Wildman–Crippen LogP) is 3.92. The van der Waals surface area contributed by atoms with E-state index < -0.39 is 0 Å². The molecule has 0 bridgehead atoms. The predicted molar refractivity (Wildman–Crippen MR) is 96.5 cm³/mol. The van der Waals surface area contributed by atoms with Crippen LogP contribution in [0.15, 0.2) is 40.6 Å². The first-order chi connectivity index (χ1) is 10.8. The van der Waals surface area contributed by atoms with Crippen LogP contribution in [0, 0.1) is 17.8 Å². The van der Waals surface area contributed by atoms with E-state index in [0.29, 0.717) is 12.0 Å². The molecule has 3 heteroatoms. The summed E-state index contributed by atoms with van der Waals surface area (Å²) in [5.41, 5.74) is 4.52. The lowest BCUT2D eigenvalue weighted by molar-refractivity contribution is 0.0668. The minimum atomic E-state index is 0.530. The number of piperidine rings is 1. The van der Waals surface area contributed by atoms with Crippen LogP contribution in [0.25, 0.3) is 0 Å². The molecule has 1 unspecified atom stereocenters. The molecule has 4 rings (SSSR count). The second-order valence-electron chi connectivity index (χ2n) is 7.15. The topological polar surface area (TPSA) is 15.6 Å². The maximum atomic E-state index is 4.69. The van der Waals surface area contributed by atoms with Gasteiger partial charge in [-0.3, -0.25) is 9.89 Å². The van der Waals surface area contributed by atoms with Crippen LogP contribution in [0.2, 0.25) is 0 Å². The molecule has 2 aliphatic heterocycles. The lowest BCUT2D eigenvalue weighted by Gasteiger charge is -2.50. The Labute approximate surface area is 138 Å². The summed E-state index contributed by atoms with van der Waals surface area (Å²) in [6, 6.07) is 0.716. The van der Waals surface area contributed by atoms with Crippen molar-refractivity contribution >= 4 is 17.5 Å². The summed E-state index contributed by atoms with van der Waals surface area (Å²) in [6.07, 6.45) is 15.1. The number of hydrogen-bond acceptors (Lipinski definition) is 3. The molecule has 1 saturated carbocycles. The maximum Gasteiger partial charge on any atom is 0.0516 e. The summed E-state index contributed by atoms with van der Waals surface area (Å²) < 4.78 is 0. The zero-order valence-electron chi connectivity index (χ0n) is 13.7. The molecule has 0 aromatic carbocycles. The van der Waals surface area contributed by atoms with E-state index in [1.807, 2.05) is 11.8 Å². The average Bonchev–Trinajstić information content (AvgIpc) is 2.94. The second kappa shape index (κ2) is 6.01. The van der Waals surface area contributed by atoms with E-state index in [9.17, 15) is 0 Å². The third-order valence-corrected chi connectivity index (χ3v) is 6.54. The van der Waals surface area contributed by atoms with E-state index in [-0.39, 0.29) is 0 Å². The van der Waals surface area contributed by atoms with Crippen molar-refractivity contribution in [2.45, 2.75) is 32.2 Å². The van der Waals surface area contributed by atoms with Crippen molar-refractivity contribution in [3.05, 3.63) is 35.6 Å². The lowest BCUT2D eigenvalue weighted by atomic mass is 9.64. The van der Waals surface area contributed by atoms with Gasteiger partial charge in [-0.25, -0.2) is 0 Å². The highest BCUT2D eigenvalue weighted by Crippen LogP contribution is 2.49. The van der Waals surface area contributed by atoms with Crippen molar-refractivity contribution in [2.75, 3.05) is 25.1 Å². The van der Waals surface area contributed by atoms with Crippen molar-refractivity contribution in [3.63, 3.8) is 0 Å². The van der Waals surface area contributed by atoms with Crippen LogP contribution in [0.3, 0.4) is 0 Å². The van der Waals surface area contributed by atoms with Gasteiger partial charge in [-0.15, -0.1) is 0 Å². The number of allylic oxidation sites excluding steroid dienone is 3. The number of aliphatic imine (C=N–C) groups is 1. The number of rotatable bonds is 4. The first-order valence-corrected chi connectivity index (χ1v) is 10.1. The Bertz CT molecular complexity index is 572. The molecule has 4 aliphatic rings. The number of nitrogens with zero attached hydrogens (tertiary/aromatic N) is 2. The Morgan fingerprint density at radius 2 is 2.32 bits per heavy atom. The number of thioether (sulfide) groups is 1. The Morgan fingerprint density at radius 3 is 3.14 bits per heavy atom. The molecule has 4 atom stereocenters. The zero-order chi connectivity index (χ0) is 15.1. The van der Waals surface area contributed by atoms with E-state index in [1.165, 1.54) is 43.8 Å². The quantitative estimate of drug-likeness (QED) is 0.781. The van der Waals surface area contributed by atoms with Crippen molar-refractivity contribution < 1.29 is 0 Å². The molecule has 1 saturated heterocycles. The number of fused-ring (bicyclic) bond motifs is 2. The monoisotopic (exact) mass is 314 g/mol. The molecular weight excluding hydrogens is 288 g/mol. The summed E-state index contributed by atoms with van der Waals surface area (Å²) >= 11 is 2.02. The van der Waals surface area contributed by atoms with E-state index in [4.69, 9.17) is 0 Å². The van der Waals surface area contributed by atoms with Crippen LogP contribution >= 0.6 is 11.8 Å². The van der Waals surface area contributed by atoms with E-state index in [1.54, 1.807) is 11.1 Å². The van der Waals surface area contributed by atoms with Crippen LogP contribution < -0.4 is 0 Å². The molecular formula is C19H26N2S. The van der Waals surface area contributed by atoms with E-state index in [0.717, 1.165) is 11.8 Å². The molecule has 2 nitrogen and oxygen atoms in total. The molecule has 0 radical (unpaired) electrons. The SMILES string of the molecule is CCCN1C[C@H](CSC)C[C@@H]2C3=CC=CC4=NC=C(C[C@H]21)C34. The minimum absolute atomic E-state index is 0.530. The van der Waals surface area contributed by atoms with Gasteiger partial charge in [-0.05, 0) is 61.3 Å². The lowest BCUT2D eigenvalue weighted by Crippen LogP contribution is -2.53. The summed E-state index contributed by atoms with van der Waals surface area (Å²) in [5, 5.41) is 0. The first kappa shape index (κ1) is 14.8. The molecule has 2 heterocycles. The summed E-state index contributed by atoms with van der Waals surface area (Å²) in [4.78, 5) is 7.48. The highest BCUT2D eigenvalue weighted by atomic mass is 32.2. The van der Waals surface area contributed by atoms with Gasteiger partial charge in [0.25, 0.3) is 0 Å². The van der Waals surface area contributed by atoms with Gasteiger partial charge in [0.05, 0.1) is 5.71 Å². The minimum Gasteiger partial charge on any atom is -0.299 e. The normalized spacial score (nSPS) is 36.4. The van der Waals surface area contributed by atoms with Crippen molar-refractivity contribution in [1.29, 1.82) is 0 Å². The second-order valence-corrected chi connectivity index (χ2v) is 8.06. The van der Waals surface area contributed by atoms with Gasteiger partial charge in [-0.1, -0.05) is 24.6 Å². The zero-order valence-corrected chi connectivity index (χ0v) is 14.5. The molecule has 0 amide bonds. The van der Waals surface area contributed by atoms with E-state index in [2.05, 4.69) is 47.5 Å². The summed E-state index contributed by atoms with van der Waals surface area (Å²) in [6.45, 7) is 4.86. The fourth-order valence-electron chi connectivity index (χ4n) is 4.97. The van der Waals surface area contributed by atoms with Gasteiger partial charge < -0.3 is 0 Å². The Balaban J connectivity index is 1.66. The van der Waals surface area contributed by atoms with Crippen molar-refractivity contribution in [3.8, 4) is 0 Å². The first-order valence-electron chi connectivity index (χ1n) is 8.69. The highest BCUT2D eigenvalue weighted by Gasteiger charge is 2.46. The standard InChI is InChI=1S/C19H26N2S/c1-3-7-21-11-13(12-22-2)8-16-15-5-4-6-17-19(15)14(10-20-17)9-18(16)21/h4-6,10,13,16,18-19H,3,7-9,11-12H2,1-2H3/t13-,16-,18-,19?/m1/s1. The fraction of sp³-hybridized carbons (Fsp3) is 0.632. The fourth-order valence-corrected chi connectivity index (χ4v) is 5.68. The smallest absolute Gasteiger partial charge is 0.0516 e. The summed E-state index contributed by atoms with van der Waals surface area (Å²) in [5.74, 6) is 3.43. The van der Waals surface area contributed by atoms with E-state index >= 15 is 0 Å². The highest BCUT2D eigenvalue weighted by molar-refractivity contribution is 7.98. The summed E-state index contributed by atoms with van der Waals surface area (Å²) in [7, 11) is 0. The average molecular weight is 314 g/mol. The van der Waals surface area contributed by atoms with Crippen LogP contribution in [0.1, 0.15) is 26.2 Å². The molecule has 0 N–H and O–H groups in total. The van der Waals surface area contributed by atoms with Crippen molar-refractivity contribution in [1.82, 2.24) is 4.90 Å². The molecule has 22 heavy (non-hydrogen) atoms. The van der Waals surface area contributed by atoms with Gasteiger partial charge in [0.2, 0.25) is 0 Å². The number of likely N-dealkylation sites (tertiary alicyclic amines) is 1. The van der Waals surface area contributed by atoms with Crippen LogP contribution in [-0.2, 0) is 0 Å². The van der Waals surface area contributed by atoms with Gasteiger partial charge in [0, 0.05) is 24.7 Å². The van der Waals surface area contributed by atoms with Crippen LogP contribution in [0.5, 0.6) is 0 Å². The Kier molecular flexibility index (Phi) is 4.04. The van der Waals surface area contributed by atoms with Gasteiger partial charge >= 0.3 is 0 Å². The molecule has 0 spiro atoms. The van der Waals surface area contributed by atoms with Gasteiger partial charge in [-0.2, -0.15) is 11.8 Å². The molecule has 2 aliphatic carbocycles. The molecule has 0 aromatic heterocycles. The van der Waals surface area contributed by atoms with Crippen molar-refractivity contribution in [2.24, 2.45) is 22.7 Å². The molecule has 2 fully saturated rings. The number of hydrogen-bond donors (Lipinski definition) is 0. The third kappa shape index (κ3) is 2.33. The Hall–Kier alpha value is -0.800. The largest absolute Gasteiger partial charge is 0.299 e. The van der Waals surface area contributed by atoms with Gasteiger partial charge in [0.1, 0.15) is 0 Å². The maximum absolute atomic E-state index is 4.69.